The molecule has 0 aliphatic heterocycles. The van der Waals surface area contributed by atoms with E-state index in [2.05, 4.69) is 45.1 Å². The van der Waals surface area contributed by atoms with Crippen LogP contribution in [0.4, 0.5) is 0 Å². The van der Waals surface area contributed by atoms with Crippen LogP contribution in [0.15, 0.2) is 12.1 Å². The molecule has 1 rings (SSSR count). The Labute approximate surface area is 117 Å². The van der Waals surface area contributed by atoms with Gasteiger partial charge in [-0.2, -0.15) is 0 Å². The monoisotopic (exact) mass is 265 g/mol. The lowest BCUT2D eigenvalue weighted by molar-refractivity contribution is 0.108. The molecule has 1 aromatic carbocycles. The average molecular weight is 265 g/mol. The predicted molar refractivity (Wildman–Crippen MR) is 79.9 cm³/mol. The van der Waals surface area contributed by atoms with Crippen molar-refractivity contribution in [2.45, 2.75) is 53.1 Å². The zero-order valence-corrected chi connectivity index (χ0v) is 13.0. The molecule has 0 fully saturated rings. The first-order chi connectivity index (χ1) is 8.79. The summed E-state index contributed by atoms with van der Waals surface area (Å²) in [5.41, 5.74) is 3.11. The molecule has 2 N–H and O–H groups in total. The van der Waals surface area contributed by atoms with Crippen molar-refractivity contribution in [3.8, 4) is 5.75 Å². The quantitative estimate of drug-likeness (QED) is 0.831. The van der Waals surface area contributed by atoms with E-state index in [9.17, 15) is 5.11 Å². The second kappa shape index (κ2) is 6.40. The third kappa shape index (κ3) is 4.22. The topological polar surface area (TPSA) is 41.5 Å². The third-order valence-corrected chi connectivity index (χ3v) is 3.39. The Kier molecular flexibility index (Phi) is 5.39. The highest BCUT2D eigenvalue weighted by atomic mass is 16.5. The predicted octanol–water partition coefficient (Wildman–Crippen LogP) is 2.74. The van der Waals surface area contributed by atoms with E-state index in [1.54, 1.807) is 0 Å². The van der Waals surface area contributed by atoms with Crippen molar-refractivity contribution < 1.29 is 9.84 Å². The van der Waals surface area contributed by atoms with Gasteiger partial charge in [0.15, 0.2) is 0 Å². The summed E-state index contributed by atoms with van der Waals surface area (Å²) in [4.78, 5) is 0. The summed E-state index contributed by atoms with van der Waals surface area (Å²) in [6.45, 7) is 12.8. The van der Waals surface area contributed by atoms with Gasteiger partial charge in [-0.05, 0) is 44.4 Å². The molecular weight excluding hydrogens is 238 g/mol. The number of aliphatic hydroxyl groups excluding tert-OH is 1. The molecule has 0 radical (unpaired) electrons. The van der Waals surface area contributed by atoms with Crippen molar-refractivity contribution in [3.63, 3.8) is 0 Å². The fourth-order valence-electron chi connectivity index (χ4n) is 2.21. The summed E-state index contributed by atoms with van der Waals surface area (Å²) >= 11 is 0. The fourth-order valence-corrected chi connectivity index (χ4v) is 2.21. The van der Waals surface area contributed by atoms with E-state index in [1.807, 2.05) is 13.8 Å². The largest absolute Gasteiger partial charge is 0.491 e. The number of nitrogens with one attached hydrogen (secondary N) is 1. The van der Waals surface area contributed by atoms with Gasteiger partial charge in [-0.3, -0.25) is 0 Å². The Balaban J connectivity index is 2.83. The van der Waals surface area contributed by atoms with E-state index >= 15 is 0 Å². The van der Waals surface area contributed by atoms with Crippen LogP contribution in [0.5, 0.6) is 5.75 Å². The molecule has 3 nitrogen and oxygen atoms in total. The van der Waals surface area contributed by atoms with Crippen molar-refractivity contribution in [2.75, 3.05) is 13.2 Å². The van der Waals surface area contributed by atoms with Gasteiger partial charge >= 0.3 is 0 Å². The van der Waals surface area contributed by atoms with Crippen LogP contribution >= 0.6 is 0 Å². The van der Waals surface area contributed by atoms with Gasteiger partial charge in [0.1, 0.15) is 12.4 Å². The molecule has 0 aliphatic rings. The van der Waals surface area contributed by atoms with E-state index in [0.717, 1.165) is 11.3 Å². The highest BCUT2D eigenvalue weighted by Gasteiger charge is 2.25. The number of hydrogen-bond acceptors (Lipinski definition) is 3. The van der Waals surface area contributed by atoms with Gasteiger partial charge in [-0.1, -0.05) is 26.0 Å². The molecule has 0 heterocycles. The zero-order chi connectivity index (χ0) is 14.6. The average Bonchev–Trinajstić information content (AvgIpc) is 2.33. The minimum Gasteiger partial charge on any atom is -0.491 e. The smallest absolute Gasteiger partial charge is 0.125 e. The maximum atomic E-state index is 9.56. The molecule has 0 amide bonds. The summed E-state index contributed by atoms with van der Waals surface area (Å²) in [7, 11) is 0. The van der Waals surface area contributed by atoms with Gasteiger partial charge in [-0.15, -0.1) is 0 Å². The first-order valence-corrected chi connectivity index (χ1v) is 6.87. The Hall–Kier alpha value is -1.06. The second-order valence-electron chi connectivity index (χ2n) is 5.96. The number of ether oxygens (including phenoxy) is 1. The number of aliphatic hydroxyl groups is 1. The Morgan fingerprint density at radius 3 is 2.32 bits per heavy atom. The first-order valence-electron chi connectivity index (χ1n) is 6.87. The lowest BCUT2D eigenvalue weighted by atomic mass is 10.0. The van der Waals surface area contributed by atoms with Gasteiger partial charge in [0.05, 0.1) is 12.1 Å². The third-order valence-electron chi connectivity index (χ3n) is 3.39. The summed E-state index contributed by atoms with van der Waals surface area (Å²) < 4.78 is 5.98. The molecule has 1 atom stereocenters. The van der Waals surface area contributed by atoms with Crippen LogP contribution in [0.25, 0.3) is 0 Å². The molecule has 0 bridgehead atoms. The van der Waals surface area contributed by atoms with E-state index in [1.165, 1.54) is 11.1 Å². The minimum absolute atomic E-state index is 0.0507. The Bertz CT molecular complexity index is 429. The van der Waals surface area contributed by atoms with Crippen LogP contribution in [0.2, 0.25) is 0 Å². The molecule has 0 aliphatic carbocycles. The van der Waals surface area contributed by atoms with E-state index in [-0.39, 0.29) is 6.61 Å². The van der Waals surface area contributed by atoms with E-state index in [0.29, 0.717) is 12.6 Å². The van der Waals surface area contributed by atoms with Crippen LogP contribution in [0.3, 0.4) is 0 Å². The van der Waals surface area contributed by atoms with Crippen molar-refractivity contribution in [2.24, 2.45) is 0 Å². The molecule has 0 saturated carbocycles. The number of aryl methyl sites for hydroxylation is 2. The fraction of sp³-hybridized carbons (Fsp3) is 0.625. The normalized spacial score (nSPS) is 14.5. The first kappa shape index (κ1) is 16.0. The summed E-state index contributed by atoms with van der Waals surface area (Å²) in [5.74, 6) is 0.935. The molecule has 3 heteroatoms. The van der Waals surface area contributed by atoms with Crippen LogP contribution in [0.1, 0.15) is 37.5 Å². The van der Waals surface area contributed by atoms with E-state index < -0.39 is 5.54 Å². The SMILES string of the molecule is Cc1ccc(C)c(OCC(C)(CO)NC(C)C)c1C. The Morgan fingerprint density at radius 1 is 1.21 bits per heavy atom. The molecule has 108 valence electrons. The van der Waals surface area contributed by atoms with Gasteiger partial charge in [0.2, 0.25) is 0 Å². The van der Waals surface area contributed by atoms with Gasteiger partial charge in [-0.25, -0.2) is 0 Å². The molecule has 0 aromatic heterocycles. The molecule has 19 heavy (non-hydrogen) atoms. The Morgan fingerprint density at radius 2 is 1.79 bits per heavy atom. The van der Waals surface area contributed by atoms with Crippen LogP contribution in [0, 0.1) is 20.8 Å². The highest BCUT2D eigenvalue weighted by Crippen LogP contribution is 2.26. The van der Waals surface area contributed by atoms with Crippen LogP contribution < -0.4 is 10.1 Å². The highest BCUT2D eigenvalue weighted by molar-refractivity contribution is 5.44. The minimum atomic E-state index is -0.420. The molecule has 0 spiro atoms. The van der Waals surface area contributed by atoms with E-state index in [4.69, 9.17) is 4.74 Å². The lowest BCUT2D eigenvalue weighted by Gasteiger charge is -2.31. The van der Waals surface area contributed by atoms with Gasteiger partial charge in [0, 0.05) is 6.04 Å². The van der Waals surface area contributed by atoms with Crippen molar-refractivity contribution in [3.05, 3.63) is 28.8 Å². The molecule has 1 aromatic rings. The second-order valence-corrected chi connectivity index (χ2v) is 5.96. The number of rotatable bonds is 6. The van der Waals surface area contributed by atoms with Crippen molar-refractivity contribution in [1.29, 1.82) is 0 Å². The zero-order valence-electron chi connectivity index (χ0n) is 13.0. The number of hydrogen-bond donors (Lipinski definition) is 2. The van der Waals surface area contributed by atoms with Crippen molar-refractivity contribution >= 4 is 0 Å². The van der Waals surface area contributed by atoms with Gasteiger partial charge in [0.25, 0.3) is 0 Å². The molecular formula is C16H27NO2. The maximum absolute atomic E-state index is 9.56. The lowest BCUT2D eigenvalue weighted by Crippen LogP contribution is -2.53. The van der Waals surface area contributed by atoms with Crippen LogP contribution in [-0.2, 0) is 0 Å². The molecule has 1 unspecified atom stereocenters. The summed E-state index contributed by atoms with van der Waals surface area (Å²) in [6, 6.07) is 4.49. The summed E-state index contributed by atoms with van der Waals surface area (Å²) in [6.07, 6.45) is 0. The summed E-state index contributed by atoms with van der Waals surface area (Å²) in [5, 5.41) is 12.9. The van der Waals surface area contributed by atoms with Gasteiger partial charge < -0.3 is 15.2 Å². The standard InChI is InChI=1S/C16H27NO2/c1-11(2)17-16(6,9-18)10-19-15-13(4)8-7-12(3)14(15)5/h7-8,11,17-18H,9-10H2,1-6H3. The van der Waals surface area contributed by atoms with Crippen molar-refractivity contribution in [1.82, 2.24) is 5.32 Å². The number of benzene rings is 1. The van der Waals surface area contributed by atoms with Crippen LogP contribution in [-0.4, -0.2) is 29.9 Å². The maximum Gasteiger partial charge on any atom is 0.125 e. The molecule has 0 saturated heterocycles.